The lowest BCUT2D eigenvalue weighted by molar-refractivity contribution is -0.146. The van der Waals surface area contributed by atoms with Gasteiger partial charge in [-0.1, -0.05) is 20.8 Å². The second kappa shape index (κ2) is 6.93. The summed E-state index contributed by atoms with van der Waals surface area (Å²) in [5.41, 5.74) is 0.491. The van der Waals surface area contributed by atoms with Gasteiger partial charge in [0.2, 0.25) is 11.8 Å². The lowest BCUT2D eigenvalue weighted by Gasteiger charge is -2.39. The van der Waals surface area contributed by atoms with Crippen LogP contribution in [0.15, 0.2) is 12.5 Å². The molecule has 1 aromatic heterocycles. The van der Waals surface area contributed by atoms with E-state index in [1.165, 1.54) is 0 Å². The maximum Gasteiger partial charge on any atom is 0.246 e. The number of carbonyl (C=O) groups is 2. The van der Waals surface area contributed by atoms with Crippen LogP contribution in [0.2, 0.25) is 0 Å². The Balaban J connectivity index is 2.06. The smallest absolute Gasteiger partial charge is 0.246 e. The summed E-state index contributed by atoms with van der Waals surface area (Å²) in [7, 11) is 5.69. The summed E-state index contributed by atoms with van der Waals surface area (Å²) in [6.45, 7) is 8.11. The Morgan fingerprint density at radius 2 is 1.67 bits per heavy atom. The quantitative estimate of drug-likeness (QED) is 0.817. The molecular formula is C17H29N5O2. The normalized spacial score (nSPS) is 17.3. The zero-order valence-electron chi connectivity index (χ0n) is 15.6. The third-order valence-corrected chi connectivity index (χ3v) is 4.40. The molecule has 1 fully saturated rings. The number of nitrogens with zero attached hydrogens (tertiary/aromatic N) is 5. The average molecular weight is 335 g/mol. The van der Waals surface area contributed by atoms with Gasteiger partial charge in [-0.25, -0.2) is 4.98 Å². The van der Waals surface area contributed by atoms with Crippen LogP contribution >= 0.6 is 0 Å². The Morgan fingerprint density at radius 1 is 1.12 bits per heavy atom. The van der Waals surface area contributed by atoms with Gasteiger partial charge in [-0.15, -0.1) is 0 Å². The third kappa shape index (κ3) is 3.77. The van der Waals surface area contributed by atoms with E-state index in [1.807, 2.05) is 61.2 Å². The largest absolute Gasteiger partial charge is 0.339 e. The summed E-state index contributed by atoms with van der Waals surface area (Å²) < 4.78 is 1.88. The molecule has 0 N–H and O–H groups in total. The fourth-order valence-corrected chi connectivity index (χ4v) is 3.02. The highest BCUT2D eigenvalue weighted by Gasteiger charge is 2.34. The molecule has 24 heavy (non-hydrogen) atoms. The molecule has 0 aliphatic carbocycles. The predicted molar refractivity (Wildman–Crippen MR) is 92.3 cm³/mol. The number of hydrogen-bond acceptors (Lipinski definition) is 4. The molecular weight excluding hydrogens is 306 g/mol. The number of aryl methyl sites for hydroxylation is 1. The fraction of sp³-hybridized carbons (Fsp3) is 0.706. The van der Waals surface area contributed by atoms with E-state index in [1.54, 1.807) is 12.5 Å². The molecule has 0 saturated carbocycles. The minimum atomic E-state index is -0.382. The van der Waals surface area contributed by atoms with E-state index in [4.69, 9.17) is 0 Å². The molecule has 1 aliphatic rings. The highest BCUT2D eigenvalue weighted by molar-refractivity contribution is 5.84. The maximum atomic E-state index is 13.0. The Morgan fingerprint density at radius 3 is 2.08 bits per heavy atom. The summed E-state index contributed by atoms with van der Waals surface area (Å²) in [5, 5.41) is 0. The van der Waals surface area contributed by atoms with Crippen LogP contribution < -0.4 is 0 Å². The first-order chi connectivity index (χ1) is 11.1. The minimum Gasteiger partial charge on any atom is -0.339 e. The molecule has 0 spiro atoms. The summed E-state index contributed by atoms with van der Waals surface area (Å²) in [4.78, 5) is 35.1. The molecule has 1 aromatic rings. The second-order valence-electron chi connectivity index (χ2n) is 7.66. The summed E-state index contributed by atoms with van der Waals surface area (Å²) in [5.74, 6) is 0.205. The van der Waals surface area contributed by atoms with E-state index in [0.29, 0.717) is 26.2 Å². The highest BCUT2D eigenvalue weighted by Crippen LogP contribution is 2.23. The van der Waals surface area contributed by atoms with Crippen molar-refractivity contribution in [1.82, 2.24) is 24.3 Å². The van der Waals surface area contributed by atoms with Gasteiger partial charge < -0.3 is 14.4 Å². The number of aromatic nitrogens is 2. The van der Waals surface area contributed by atoms with E-state index in [0.717, 1.165) is 5.69 Å². The van der Waals surface area contributed by atoms with Crippen molar-refractivity contribution in [2.75, 3.05) is 40.3 Å². The number of hydrogen-bond donors (Lipinski definition) is 0. The monoisotopic (exact) mass is 335 g/mol. The van der Waals surface area contributed by atoms with Crippen molar-refractivity contribution in [1.29, 1.82) is 0 Å². The number of piperazine rings is 1. The van der Waals surface area contributed by atoms with Gasteiger partial charge in [-0.2, -0.15) is 0 Å². The molecule has 1 aliphatic heterocycles. The van der Waals surface area contributed by atoms with Gasteiger partial charge in [0, 0.05) is 38.6 Å². The van der Waals surface area contributed by atoms with E-state index in [2.05, 4.69) is 4.98 Å². The molecule has 0 radical (unpaired) electrons. The molecule has 0 bridgehead atoms. The van der Waals surface area contributed by atoms with E-state index in [-0.39, 0.29) is 23.3 Å². The molecule has 2 amide bonds. The van der Waals surface area contributed by atoms with Crippen molar-refractivity contribution in [2.24, 2.45) is 12.5 Å². The first kappa shape index (κ1) is 18.4. The van der Waals surface area contributed by atoms with Gasteiger partial charge in [-0.05, 0) is 14.1 Å². The zero-order chi connectivity index (χ0) is 18.1. The number of likely N-dealkylation sites (N-methyl/N-ethyl adjacent to an activating group) is 1. The van der Waals surface area contributed by atoms with Crippen molar-refractivity contribution in [2.45, 2.75) is 26.8 Å². The van der Waals surface area contributed by atoms with Gasteiger partial charge in [0.15, 0.2) is 0 Å². The average Bonchev–Trinajstić information content (AvgIpc) is 2.91. The van der Waals surface area contributed by atoms with Crippen LogP contribution in [0.4, 0.5) is 0 Å². The first-order valence-corrected chi connectivity index (χ1v) is 8.33. The van der Waals surface area contributed by atoms with E-state index < -0.39 is 0 Å². The number of imidazole rings is 1. The Kier molecular flexibility index (Phi) is 5.32. The van der Waals surface area contributed by atoms with Crippen molar-refractivity contribution >= 4 is 11.8 Å². The topological polar surface area (TPSA) is 61.7 Å². The van der Waals surface area contributed by atoms with Crippen LogP contribution in [0.25, 0.3) is 0 Å². The van der Waals surface area contributed by atoms with Crippen LogP contribution in [0.1, 0.15) is 32.5 Å². The van der Waals surface area contributed by atoms with Crippen LogP contribution in [-0.2, 0) is 16.6 Å². The fourth-order valence-electron chi connectivity index (χ4n) is 3.02. The van der Waals surface area contributed by atoms with E-state index in [9.17, 15) is 9.59 Å². The molecule has 2 heterocycles. The molecule has 0 aromatic carbocycles. The van der Waals surface area contributed by atoms with Crippen LogP contribution in [-0.4, -0.2) is 76.3 Å². The Labute approximate surface area is 144 Å². The minimum absolute atomic E-state index is 0.0615. The van der Waals surface area contributed by atoms with Gasteiger partial charge in [0.25, 0.3) is 0 Å². The summed E-state index contributed by atoms with van der Waals surface area (Å²) in [6.07, 6.45) is 3.45. The van der Waals surface area contributed by atoms with Gasteiger partial charge in [0.05, 0.1) is 18.2 Å². The molecule has 1 atom stereocenters. The van der Waals surface area contributed by atoms with Gasteiger partial charge in [0.1, 0.15) is 6.04 Å². The van der Waals surface area contributed by atoms with Gasteiger partial charge >= 0.3 is 0 Å². The van der Waals surface area contributed by atoms with Crippen molar-refractivity contribution in [3.05, 3.63) is 18.2 Å². The standard InChI is InChI=1S/C17H29N5O2/c1-17(2,3)16(24)22-9-7-21(8-10-22)15(23)14(19(4)5)13-11-18-12-20(13)6/h11-12,14H,7-10H2,1-6H3. The van der Waals surface area contributed by atoms with Crippen LogP contribution in [0, 0.1) is 5.41 Å². The first-order valence-electron chi connectivity index (χ1n) is 8.33. The highest BCUT2D eigenvalue weighted by atomic mass is 16.2. The molecule has 134 valence electrons. The van der Waals surface area contributed by atoms with E-state index >= 15 is 0 Å². The zero-order valence-corrected chi connectivity index (χ0v) is 15.6. The van der Waals surface area contributed by atoms with Gasteiger partial charge in [-0.3, -0.25) is 14.5 Å². The lowest BCUT2D eigenvalue weighted by atomic mass is 9.94. The lowest BCUT2D eigenvalue weighted by Crippen LogP contribution is -2.54. The molecule has 2 rings (SSSR count). The molecule has 7 nitrogen and oxygen atoms in total. The van der Waals surface area contributed by atoms with Crippen molar-refractivity contribution in [3.63, 3.8) is 0 Å². The van der Waals surface area contributed by atoms with Crippen molar-refractivity contribution in [3.8, 4) is 0 Å². The summed E-state index contributed by atoms with van der Waals surface area (Å²) >= 11 is 0. The Bertz CT molecular complexity index is 594. The van der Waals surface area contributed by atoms with Crippen molar-refractivity contribution < 1.29 is 9.59 Å². The summed E-state index contributed by atoms with van der Waals surface area (Å²) in [6, 6.07) is -0.359. The van der Waals surface area contributed by atoms with Crippen LogP contribution in [0.5, 0.6) is 0 Å². The number of carbonyl (C=O) groups excluding carboxylic acids is 2. The molecule has 1 saturated heterocycles. The number of rotatable bonds is 3. The second-order valence-corrected chi connectivity index (χ2v) is 7.66. The number of amides is 2. The molecule has 1 unspecified atom stereocenters. The molecule has 7 heteroatoms. The third-order valence-electron chi connectivity index (χ3n) is 4.40. The SMILES string of the molecule is CN(C)C(C(=O)N1CCN(C(=O)C(C)(C)C)CC1)c1cncn1C. The maximum absolute atomic E-state index is 13.0. The van der Waals surface area contributed by atoms with Crippen LogP contribution in [0.3, 0.4) is 0 Å². The Hall–Kier alpha value is -1.89. The predicted octanol–water partition coefficient (Wildman–Crippen LogP) is 0.740.